The Morgan fingerprint density at radius 2 is 1.77 bits per heavy atom. The van der Waals surface area contributed by atoms with Gasteiger partial charge in [-0.2, -0.15) is 0 Å². The van der Waals surface area contributed by atoms with Crippen LogP contribution >= 0.6 is 0 Å². The van der Waals surface area contributed by atoms with Crippen molar-refractivity contribution in [3.8, 4) is 0 Å². The zero-order valence-corrected chi connectivity index (χ0v) is 16.2. The van der Waals surface area contributed by atoms with Gasteiger partial charge in [-0.1, -0.05) is 18.2 Å². The van der Waals surface area contributed by atoms with Crippen LogP contribution < -0.4 is 4.90 Å². The molecule has 1 aromatic carbocycles. The Bertz CT molecular complexity index is 684. The molecule has 3 heterocycles. The minimum atomic E-state index is 0.693. The van der Waals surface area contributed by atoms with E-state index in [0.717, 1.165) is 31.2 Å². The van der Waals surface area contributed by atoms with Crippen molar-refractivity contribution in [2.75, 3.05) is 44.2 Å². The van der Waals surface area contributed by atoms with Crippen molar-refractivity contribution in [2.24, 2.45) is 0 Å². The molecule has 0 spiro atoms. The van der Waals surface area contributed by atoms with Crippen molar-refractivity contribution < 1.29 is 4.42 Å². The molecule has 0 aliphatic carbocycles. The Morgan fingerprint density at radius 1 is 1.00 bits per heavy atom. The van der Waals surface area contributed by atoms with Gasteiger partial charge in [-0.15, -0.1) is 0 Å². The molecule has 0 radical (unpaired) electrons. The van der Waals surface area contributed by atoms with Gasteiger partial charge < -0.3 is 9.32 Å². The number of para-hydroxylation sites is 1. The van der Waals surface area contributed by atoms with Gasteiger partial charge in [0.25, 0.3) is 0 Å². The third-order valence-electron chi connectivity index (χ3n) is 6.03. The number of furan rings is 1. The van der Waals surface area contributed by atoms with Crippen molar-refractivity contribution in [3.05, 3.63) is 53.5 Å². The Labute approximate surface area is 157 Å². The van der Waals surface area contributed by atoms with E-state index in [1.807, 2.05) is 0 Å². The minimum absolute atomic E-state index is 0.693. The first-order valence-electron chi connectivity index (χ1n) is 10.0. The number of hydrogen-bond acceptors (Lipinski definition) is 4. The maximum atomic E-state index is 5.90. The maximum Gasteiger partial charge on any atom is 0.118 e. The molecule has 26 heavy (non-hydrogen) atoms. The lowest BCUT2D eigenvalue weighted by atomic mass is 10.0. The number of aryl methyl sites for hydroxylation is 2. The molecule has 2 saturated heterocycles. The second kappa shape index (κ2) is 7.85. The highest BCUT2D eigenvalue weighted by Gasteiger charge is 2.28. The summed E-state index contributed by atoms with van der Waals surface area (Å²) in [5.74, 6) is 2.18. The van der Waals surface area contributed by atoms with Crippen molar-refractivity contribution in [2.45, 2.75) is 39.3 Å². The average molecular weight is 354 g/mol. The summed E-state index contributed by atoms with van der Waals surface area (Å²) in [7, 11) is 0. The molecule has 0 amide bonds. The zero-order chi connectivity index (χ0) is 17.9. The Morgan fingerprint density at radius 3 is 2.46 bits per heavy atom. The summed E-state index contributed by atoms with van der Waals surface area (Å²) in [6.45, 7) is 12.1. The van der Waals surface area contributed by atoms with Gasteiger partial charge in [0.1, 0.15) is 11.5 Å². The van der Waals surface area contributed by atoms with E-state index < -0.39 is 0 Å². The van der Waals surface area contributed by atoms with Gasteiger partial charge in [0.2, 0.25) is 0 Å². The van der Waals surface area contributed by atoms with Gasteiger partial charge in [0.15, 0.2) is 0 Å². The Balaban J connectivity index is 1.31. The summed E-state index contributed by atoms with van der Waals surface area (Å²) in [5.41, 5.74) is 2.63. The van der Waals surface area contributed by atoms with Crippen molar-refractivity contribution in [3.63, 3.8) is 0 Å². The van der Waals surface area contributed by atoms with E-state index in [9.17, 15) is 0 Å². The van der Waals surface area contributed by atoms with Crippen LogP contribution in [0.5, 0.6) is 0 Å². The monoisotopic (exact) mass is 353 g/mol. The second-order valence-electron chi connectivity index (χ2n) is 7.84. The fourth-order valence-corrected chi connectivity index (χ4v) is 4.40. The van der Waals surface area contributed by atoms with Crippen LogP contribution in [0.3, 0.4) is 0 Å². The molecule has 2 fully saturated rings. The van der Waals surface area contributed by atoms with Crippen LogP contribution in [-0.2, 0) is 6.54 Å². The SMILES string of the molecule is Cc1cc(CN2CCC[C@H](N3CCN(c4ccccc4)CC3)C2)oc1C. The number of rotatable bonds is 4. The number of anilines is 1. The first kappa shape index (κ1) is 17.6. The first-order chi connectivity index (χ1) is 12.7. The Hall–Kier alpha value is -1.78. The molecule has 2 aliphatic rings. The molecule has 0 N–H and O–H groups in total. The van der Waals surface area contributed by atoms with E-state index in [4.69, 9.17) is 4.42 Å². The smallest absolute Gasteiger partial charge is 0.118 e. The van der Waals surface area contributed by atoms with Gasteiger partial charge in [-0.25, -0.2) is 0 Å². The number of likely N-dealkylation sites (tertiary alicyclic amines) is 1. The van der Waals surface area contributed by atoms with Gasteiger partial charge in [-0.3, -0.25) is 9.80 Å². The zero-order valence-electron chi connectivity index (χ0n) is 16.2. The lowest BCUT2D eigenvalue weighted by Crippen LogP contribution is -2.55. The van der Waals surface area contributed by atoms with Crippen LogP contribution in [0.1, 0.15) is 29.9 Å². The first-order valence-corrected chi connectivity index (χ1v) is 10.0. The molecule has 1 aromatic heterocycles. The largest absolute Gasteiger partial charge is 0.465 e. The van der Waals surface area contributed by atoms with E-state index in [1.54, 1.807) is 0 Å². The lowest BCUT2D eigenvalue weighted by molar-refractivity contribution is 0.0848. The third kappa shape index (κ3) is 3.97. The van der Waals surface area contributed by atoms with Crippen LogP contribution in [-0.4, -0.2) is 55.1 Å². The van der Waals surface area contributed by atoms with Crippen molar-refractivity contribution in [1.29, 1.82) is 0 Å². The van der Waals surface area contributed by atoms with Gasteiger partial charge in [-0.05, 0) is 57.0 Å². The summed E-state index contributed by atoms with van der Waals surface area (Å²) < 4.78 is 5.90. The van der Waals surface area contributed by atoms with E-state index >= 15 is 0 Å². The topological polar surface area (TPSA) is 22.9 Å². The number of hydrogen-bond donors (Lipinski definition) is 0. The molecule has 0 unspecified atom stereocenters. The molecule has 140 valence electrons. The summed E-state index contributed by atoms with van der Waals surface area (Å²) in [6.07, 6.45) is 2.63. The molecule has 0 bridgehead atoms. The van der Waals surface area contributed by atoms with Gasteiger partial charge in [0.05, 0.1) is 6.54 Å². The summed E-state index contributed by atoms with van der Waals surface area (Å²) in [4.78, 5) is 7.81. The molecule has 1 atom stereocenters. The van der Waals surface area contributed by atoms with E-state index in [2.05, 4.69) is 64.9 Å². The molecule has 4 rings (SSSR count). The highest BCUT2D eigenvalue weighted by Crippen LogP contribution is 2.23. The fourth-order valence-electron chi connectivity index (χ4n) is 4.40. The van der Waals surface area contributed by atoms with Crippen LogP contribution in [0.2, 0.25) is 0 Å². The summed E-state index contributed by atoms with van der Waals surface area (Å²) in [5, 5.41) is 0. The number of piperazine rings is 1. The van der Waals surface area contributed by atoms with Gasteiger partial charge in [0, 0.05) is 44.5 Å². The average Bonchev–Trinajstić information content (AvgIpc) is 3.00. The van der Waals surface area contributed by atoms with E-state index in [-0.39, 0.29) is 0 Å². The second-order valence-corrected chi connectivity index (χ2v) is 7.84. The van der Waals surface area contributed by atoms with E-state index in [0.29, 0.717) is 6.04 Å². The summed E-state index contributed by atoms with van der Waals surface area (Å²) in [6, 6.07) is 13.7. The standard InChI is InChI=1S/C22H31N3O/c1-18-15-22(26-19(18)2)17-23-10-6-9-21(16-23)25-13-11-24(12-14-25)20-7-4-3-5-8-20/h3-5,7-8,15,21H,6,9-14,16-17H2,1-2H3/t21-/m0/s1. The van der Waals surface area contributed by atoms with Crippen molar-refractivity contribution in [1.82, 2.24) is 9.80 Å². The van der Waals surface area contributed by atoms with Gasteiger partial charge >= 0.3 is 0 Å². The third-order valence-corrected chi connectivity index (χ3v) is 6.03. The predicted octanol–water partition coefficient (Wildman–Crippen LogP) is 3.68. The van der Waals surface area contributed by atoms with Crippen molar-refractivity contribution >= 4 is 5.69 Å². The molecule has 2 aliphatic heterocycles. The molecular formula is C22H31N3O. The fraction of sp³-hybridized carbons (Fsp3) is 0.545. The highest BCUT2D eigenvalue weighted by atomic mass is 16.3. The predicted molar refractivity (Wildman–Crippen MR) is 107 cm³/mol. The number of benzene rings is 1. The maximum absolute atomic E-state index is 5.90. The normalized spacial score (nSPS) is 22.7. The molecule has 4 heteroatoms. The lowest BCUT2D eigenvalue weighted by Gasteiger charge is -2.43. The van der Waals surface area contributed by atoms with Crippen LogP contribution in [0, 0.1) is 13.8 Å². The highest BCUT2D eigenvalue weighted by molar-refractivity contribution is 5.46. The van der Waals surface area contributed by atoms with Crippen LogP contribution in [0.4, 0.5) is 5.69 Å². The molecule has 4 nitrogen and oxygen atoms in total. The summed E-state index contributed by atoms with van der Waals surface area (Å²) >= 11 is 0. The Kier molecular flexibility index (Phi) is 5.32. The molecule has 2 aromatic rings. The van der Waals surface area contributed by atoms with Crippen LogP contribution in [0.15, 0.2) is 40.8 Å². The minimum Gasteiger partial charge on any atom is -0.465 e. The van der Waals surface area contributed by atoms with Crippen LogP contribution in [0.25, 0.3) is 0 Å². The quantitative estimate of drug-likeness (QED) is 0.836. The molecule has 0 saturated carbocycles. The number of nitrogens with zero attached hydrogens (tertiary/aromatic N) is 3. The van der Waals surface area contributed by atoms with E-state index in [1.165, 1.54) is 50.3 Å². The molecular weight excluding hydrogens is 322 g/mol. The number of piperidine rings is 1.